The molecule has 0 saturated carbocycles. The lowest BCUT2D eigenvalue weighted by molar-refractivity contribution is 0.355. The quantitative estimate of drug-likeness (QED) is 0.234. The molecule has 1 N–H and O–H groups in total. The fraction of sp³-hybridized carbons (Fsp3) is 0.0741. The summed E-state index contributed by atoms with van der Waals surface area (Å²) in [4.78, 5) is 5.53. The fourth-order valence-electron chi connectivity index (χ4n) is 3.69. The lowest BCUT2D eigenvalue weighted by Gasteiger charge is -2.13. The second kappa shape index (κ2) is 9.71. The van der Waals surface area contributed by atoms with Crippen LogP contribution in [0.15, 0.2) is 90.0 Å². The SMILES string of the molecule is COc1cc2nccc(Oc3ccc4c(NSc5ccc(Cl)cc5)cccc4c3)c2cc1OC. The van der Waals surface area contributed by atoms with Crippen molar-refractivity contribution >= 4 is 50.9 Å². The molecule has 0 aliphatic carbocycles. The van der Waals surface area contributed by atoms with Crippen molar-refractivity contribution in [1.29, 1.82) is 0 Å². The number of aromatic nitrogens is 1. The zero-order valence-corrected chi connectivity index (χ0v) is 20.1. The van der Waals surface area contributed by atoms with E-state index in [2.05, 4.69) is 27.9 Å². The van der Waals surface area contributed by atoms with E-state index >= 15 is 0 Å². The Labute approximate surface area is 206 Å². The Morgan fingerprint density at radius 3 is 2.38 bits per heavy atom. The summed E-state index contributed by atoms with van der Waals surface area (Å²) in [5, 5.41) is 3.73. The van der Waals surface area contributed by atoms with Crippen LogP contribution in [0.3, 0.4) is 0 Å². The lowest BCUT2D eigenvalue weighted by atomic mass is 10.1. The van der Waals surface area contributed by atoms with Crippen LogP contribution in [0.5, 0.6) is 23.0 Å². The molecular formula is C27H21ClN2O3S. The highest BCUT2D eigenvalue weighted by molar-refractivity contribution is 8.00. The van der Waals surface area contributed by atoms with Crippen molar-refractivity contribution in [3.8, 4) is 23.0 Å². The van der Waals surface area contributed by atoms with Gasteiger partial charge in [0.25, 0.3) is 0 Å². The highest BCUT2D eigenvalue weighted by Crippen LogP contribution is 2.38. The smallest absolute Gasteiger partial charge is 0.162 e. The van der Waals surface area contributed by atoms with Crippen LogP contribution in [0.25, 0.3) is 21.7 Å². The van der Waals surface area contributed by atoms with Crippen LogP contribution in [0.2, 0.25) is 5.02 Å². The molecule has 0 aliphatic heterocycles. The van der Waals surface area contributed by atoms with Gasteiger partial charge >= 0.3 is 0 Å². The number of hydrogen-bond donors (Lipinski definition) is 1. The van der Waals surface area contributed by atoms with Crippen LogP contribution >= 0.6 is 23.5 Å². The Balaban J connectivity index is 1.43. The van der Waals surface area contributed by atoms with Gasteiger partial charge in [-0.1, -0.05) is 23.7 Å². The fourth-order valence-corrected chi connectivity index (χ4v) is 4.50. The minimum absolute atomic E-state index is 0.625. The van der Waals surface area contributed by atoms with Crippen molar-refractivity contribution in [2.24, 2.45) is 0 Å². The third-order valence-electron chi connectivity index (χ3n) is 5.38. The molecule has 4 aromatic carbocycles. The molecule has 0 amide bonds. The molecule has 0 atom stereocenters. The molecule has 0 fully saturated rings. The lowest BCUT2D eigenvalue weighted by Crippen LogP contribution is -1.93. The molecule has 7 heteroatoms. The summed E-state index contributed by atoms with van der Waals surface area (Å²) in [6.07, 6.45) is 1.72. The minimum atomic E-state index is 0.625. The predicted octanol–water partition coefficient (Wildman–Crippen LogP) is 7.97. The number of hydrogen-bond acceptors (Lipinski definition) is 6. The first-order chi connectivity index (χ1) is 16.6. The van der Waals surface area contributed by atoms with Gasteiger partial charge in [-0.2, -0.15) is 0 Å². The topological polar surface area (TPSA) is 52.6 Å². The van der Waals surface area contributed by atoms with Gasteiger partial charge in [-0.25, -0.2) is 0 Å². The van der Waals surface area contributed by atoms with E-state index < -0.39 is 0 Å². The largest absolute Gasteiger partial charge is 0.493 e. The Kier molecular flexibility index (Phi) is 6.34. The summed E-state index contributed by atoms with van der Waals surface area (Å²) in [5.74, 6) is 2.68. The summed E-state index contributed by atoms with van der Waals surface area (Å²) in [7, 11) is 3.22. The number of methoxy groups -OCH3 is 2. The molecule has 0 unspecified atom stereocenters. The maximum absolute atomic E-state index is 6.28. The second-order valence-electron chi connectivity index (χ2n) is 7.48. The Bertz CT molecular complexity index is 1480. The Morgan fingerprint density at radius 1 is 0.794 bits per heavy atom. The van der Waals surface area contributed by atoms with E-state index in [0.717, 1.165) is 43.0 Å². The van der Waals surface area contributed by atoms with Gasteiger partial charge in [0, 0.05) is 33.0 Å². The second-order valence-corrected chi connectivity index (χ2v) is 8.80. The molecule has 5 nitrogen and oxygen atoms in total. The first kappa shape index (κ1) is 22.2. The summed E-state index contributed by atoms with van der Waals surface area (Å²) in [5.41, 5.74) is 1.79. The highest BCUT2D eigenvalue weighted by Gasteiger charge is 2.12. The normalized spacial score (nSPS) is 10.9. The first-order valence-electron chi connectivity index (χ1n) is 10.5. The number of fused-ring (bicyclic) bond motifs is 2. The van der Waals surface area contributed by atoms with Gasteiger partial charge in [0.1, 0.15) is 11.5 Å². The molecule has 0 radical (unpaired) electrons. The molecule has 0 aliphatic rings. The van der Waals surface area contributed by atoms with E-state index in [1.807, 2.05) is 60.7 Å². The van der Waals surface area contributed by atoms with Crippen LogP contribution < -0.4 is 18.9 Å². The number of nitrogens with one attached hydrogen (secondary N) is 1. The molecule has 34 heavy (non-hydrogen) atoms. The number of pyridine rings is 1. The zero-order valence-electron chi connectivity index (χ0n) is 18.5. The molecule has 0 saturated heterocycles. The summed E-state index contributed by atoms with van der Waals surface area (Å²) in [6.45, 7) is 0. The Hall–Kier alpha value is -3.61. The number of benzene rings is 4. The van der Waals surface area contributed by atoms with Gasteiger partial charge in [0.2, 0.25) is 0 Å². The molecule has 5 rings (SSSR count). The number of ether oxygens (including phenoxy) is 3. The van der Waals surface area contributed by atoms with Crippen molar-refractivity contribution in [3.63, 3.8) is 0 Å². The molecule has 170 valence electrons. The highest BCUT2D eigenvalue weighted by atomic mass is 35.5. The van der Waals surface area contributed by atoms with Crippen LogP contribution in [0.4, 0.5) is 5.69 Å². The number of anilines is 1. The van der Waals surface area contributed by atoms with Gasteiger partial charge < -0.3 is 18.9 Å². The average Bonchev–Trinajstić information content (AvgIpc) is 2.87. The van der Waals surface area contributed by atoms with Crippen LogP contribution in [-0.2, 0) is 0 Å². The van der Waals surface area contributed by atoms with Crippen molar-refractivity contribution in [2.45, 2.75) is 4.90 Å². The standard InChI is InChI=1S/C27H21ClN2O3S/c1-31-26-15-22-24(16-27(26)32-2)29-13-12-25(22)33-19-8-11-21-17(14-19)4-3-5-23(21)30-34-20-9-6-18(28)7-10-20/h3-16,30H,1-2H3. The van der Waals surface area contributed by atoms with E-state index in [1.165, 1.54) is 0 Å². The van der Waals surface area contributed by atoms with E-state index in [0.29, 0.717) is 17.2 Å². The maximum Gasteiger partial charge on any atom is 0.162 e. The minimum Gasteiger partial charge on any atom is -0.493 e. The van der Waals surface area contributed by atoms with E-state index in [9.17, 15) is 0 Å². The monoisotopic (exact) mass is 488 g/mol. The van der Waals surface area contributed by atoms with Gasteiger partial charge in [-0.3, -0.25) is 4.98 Å². The van der Waals surface area contributed by atoms with Gasteiger partial charge in [0.05, 0.1) is 25.4 Å². The van der Waals surface area contributed by atoms with Gasteiger partial charge in [0.15, 0.2) is 11.5 Å². The van der Waals surface area contributed by atoms with Crippen LogP contribution in [0, 0.1) is 0 Å². The number of nitrogens with zero attached hydrogens (tertiary/aromatic N) is 1. The number of halogens is 1. The predicted molar refractivity (Wildman–Crippen MR) is 140 cm³/mol. The molecule has 0 spiro atoms. The van der Waals surface area contributed by atoms with E-state index in [4.69, 9.17) is 25.8 Å². The summed E-state index contributed by atoms with van der Waals surface area (Å²) >= 11 is 7.53. The third kappa shape index (κ3) is 4.55. The van der Waals surface area contributed by atoms with E-state index in [-0.39, 0.29) is 0 Å². The maximum atomic E-state index is 6.28. The van der Waals surface area contributed by atoms with E-state index in [1.54, 1.807) is 32.4 Å². The molecule has 1 aromatic heterocycles. The molecule has 0 bridgehead atoms. The zero-order chi connectivity index (χ0) is 23.5. The van der Waals surface area contributed by atoms with Crippen molar-refractivity contribution in [3.05, 3.63) is 90.1 Å². The Morgan fingerprint density at radius 2 is 1.59 bits per heavy atom. The van der Waals surface area contributed by atoms with Crippen LogP contribution in [-0.4, -0.2) is 19.2 Å². The van der Waals surface area contributed by atoms with Crippen LogP contribution in [0.1, 0.15) is 0 Å². The molecule has 5 aromatic rings. The van der Waals surface area contributed by atoms with Crippen molar-refractivity contribution in [2.75, 3.05) is 18.9 Å². The third-order valence-corrected chi connectivity index (χ3v) is 6.46. The average molecular weight is 489 g/mol. The summed E-state index contributed by atoms with van der Waals surface area (Å²) < 4.78 is 20.6. The van der Waals surface area contributed by atoms with Gasteiger partial charge in [-0.05, 0) is 78.0 Å². The molecule has 1 heterocycles. The van der Waals surface area contributed by atoms with Crippen molar-refractivity contribution < 1.29 is 14.2 Å². The molecular weight excluding hydrogens is 468 g/mol. The van der Waals surface area contributed by atoms with Gasteiger partial charge in [-0.15, -0.1) is 0 Å². The summed E-state index contributed by atoms with van der Waals surface area (Å²) in [6, 6.07) is 25.5. The first-order valence-corrected chi connectivity index (χ1v) is 11.7. The van der Waals surface area contributed by atoms with Crippen molar-refractivity contribution in [1.82, 2.24) is 4.98 Å². The number of rotatable bonds is 7.